The first-order valence-electron chi connectivity index (χ1n) is 6.74. The summed E-state index contributed by atoms with van der Waals surface area (Å²) in [6.07, 6.45) is 2.48. The van der Waals surface area contributed by atoms with Crippen molar-refractivity contribution in [2.45, 2.75) is 6.42 Å². The van der Waals surface area contributed by atoms with Gasteiger partial charge in [-0.3, -0.25) is 9.69 Å². The minimum Gasteiger partial charge on any atom is -0.496 e. The minimum absolute atomic E-state index is 0.136. The molecule has 0 aromatic heterocycles. The van der Waals surface area contributed by atoms with Crippen molar-refractivity contribution in [2.24, 2.45) is 0 Å². The van der Waals surface area contributed by atoms with E-state index in [0.717, 1.165) is 16.5 Å². The van der Waals surface area contributed by atoms with Gasteiger partial charge in [0, 0.05) is 30.3 Å². The number of halogens is 1. The molecule has 118 valence electrons. The lowest BCUT2D eigenvalue weighted by Gasteiger charge is -2.13. The molecule has 7 heteroatoms. The molecule has 22 heavy (non-hydrogen) atoms. The maximum Gasteiger partial charge on any atom is 0.276 e. The largest absolute Gasteiger partial charge is 0.496 e. The van der Waals surface area contributed by atoms with Gasteiger partial charge in [-0.05, 0) is 42.9 Å². The fraction of sp³-hybridized carbons (Fsp3) is 0.333. The fourth-order valence-electron chi connectivity index (χ4n) is 2.12. The first-order valence-corrected chi connectivity index (χ1v) is 7.94. The summed E-state index contributed by atoms with van der Waals surface area (Å²) in [5.74, 6) is 0.553. The van der Waals surface area contributed by atoms with Gasteiger partial charge in [0.15, 0.2) is 5.11 Å². The maximum absolute atomic E-state index is 12.4. The third-order valence-corrected chi connectivity index (χ3v) is 4.00. The monoisotopic (exact) mass is 384 g/mol. The van der Waals surface area contributed by atoms with Crippen molar-refractivity contribution in [1.29, 1.82) is 0 Å². The Morgan fingerprint density at radius 2 is 2.18 bits per heavy atom. The minimum atomic E-state index is -0.136. The molecule has 1 N–H and O–H groups in total. The molecule has 0 unspecified atom stereocenters. The highest BCUT2D eigenvalue weighted by Crippen LogP contribution is 2.26. The molecule has 1 aliphatic rings. The molecular weight excluding hydrogens is 368 g/mol. The molecule has 2 rings (SSSR count). The van der Waals surface area contributed by atoms with Crippen LogP contribution < -0.4 is 10.1 Å². The van der Waals surface area contributed by atoms with Crippen LogP contribution in [0.1, 0.15) is 12.0 Å². The van der Waals surface area contributed by atoms with Crippen LogP contribution >= 0.6 is 28.1 Å². The molecule has 0 radical (unpaired) electrons. The Labute approximate surface area is 143 Å². The van der Waals surface area contributed by atoms with E-state index in [4.69, 9.17) is 21.7 Å². The second kappa shape index (κ2) is 7.71. The zero-order valence-corrected chi connectivity index (χ0v) is 14.8. The molecule has 0 saturated carbocycles. The zero-order chi connectivity index (χ0) is 16.1. The molecule has 0 bridgehead atoms. The molecule has 5 nitrogen and oxygen atoms in total. The van der Waals surface area contributed by atoms with Crippen LogP contribution in [0, 0.1) is 0 Å². The van der Waals surface area contributed by atoms with E-state index in [1.807, 2.05) is 18.2 Å². The molecule has 1 fully saturated rings. The molecule has 0 atom stereocenters. The predicted octanol–water partition coefficient (Wildman–Crippen LogP) is 2.55. The van der Waals surface area contributed by atoms with E-state index >= 15 is 0 Å². The third kappa shape index (κ3) is 3.85. The average molecular weight is 385 g/mol. The molecule has 1 amide bonds. The van der Waals surface area contributed by atoms with Crippen LogP contribution in [0.4, 0.5) is 0 Å². The van der Waals surface area contributed by atoms with Crippen LogP contribution in [0.2, 0.25) is 0 Å². The van der Waals surface area contributed by atoms with Crippen LogP contribution in [0.25, 0.3) is 6.08 Å². The van der Waals surface area contributed by atoms with Gasteiger partial charge in [0.1, 0.15) is 11.4 Å². The number of carbonyl (C=O) groups is 1. The number of hydrogen-bond acceptors (Lipinski definition) is 4. The van der Waals surface area contributed by atoms with Gasteiger partial charge in [-0.2, -0.15) is 0 Å². The molecule has 0 aliphatic carbocycles. The number of ether oxygens (including phenoxy) is 2. The second-order valence-corrected chi connectivity index (χ2v) is 5.98. The number of methoxy groups -OCH3 is 2. The summed E-state index contributed by atoms with van der Waals surface area (Å²) in [5.41, 5.74) is 1.24. The normalized spacial score (nSPS) is 16.3. The lowest BCUT2D eigenvalue weighted by atomic mass is 10.1. The molecule has 1 saturated heterocycles. The molecular formula is C15H17BrN2O3S. The van der Waals surface area contributed by atoms with Crippen LogP contribution in [0.15, 0.2) is 28.4 Å². The standard InChI is InChI=1S/C15H17BrN2O3S/c1-20-7-3-6-18-14(19)12(17-15(18)22)9-10-8-11(16)4-5-13(10)21-2/h4-5,8-9H,3,6-7H2,1-2H3,(H,17,22)/b12-9+. The van der Waals surface area contributed by atoms with Gasteiger partial charge in [0.05, 0.1) is 7.11 Å². The van der Waals surface area contributed by atoms with Crippen LogP contribution in [-0.2, 0) is 9.53 Å². The summed E-state index contributed by atoms with van der Waals surface area (Å²) in [5, 5.41) is 3.38. The summed E-state index contributed by atoms with van der Waals surface area (Å²) in [7, 11) is 3.23. The van der Waals surface area contributed by atoms with Gasteiger partial charge in [0.25, 0.3) is 5.91 Å². The Hall–Kier alpha value is -1.44. The number of benzene rings is 1. The SMILES string of the molecule is COCCCN1C(=O)/C(=C\c2cc(Br)ccc2OC)NC1=S. The number of rotatable bonds is 6. The summed E-state index contributed by atoms with van der Waals surface area (Å²) < 4.78 is 11.2. The van der Waals surface area contributed by atoms with Crippen LogP contribution in [0.5, 0.6) is 5.75 Å². The van der Waals surface area contributed by atoms with Gasteiger partial charge in [-0.25, -0.2) is 0 Å². The Morgan fingerprint density at radius 3 is 2.86 bits per heavy atom. The van der Waals surface area contributed by atoms with Crippen molar-refractivity contribution >= 4 is 45.2 Å². The van der Waals surface area contributed by atoms with Gasteiger partial charge in [-0.15, -0.1) is 0 Å². The topological polar surface area (TPSA) is 50.8 Å². The Morgan fingerprint density at radius 1 is 1.41 bits per heavy atom. The summed E-state index contributed by atoms with van der Waals surface area (Å²) in [4.78, 5) is 14.0. The summed E-state index contributed by atoms with van der Waals surface area (Å²) >= 11 is 8.63. The third-order valence-electron chi connectivity index (χ3n) is 3.18. The Kier molecular flexibility index (Phi) is 5.93. The number of nitrogens with one attached hydrogen (secondary N) is 1. The lowest BCUT2D eigenvalue weighted by Crippen LogP contribution is -2.32. The summed E-state index contributed by atoms with van der Waals surface area (Å²) in [6.45, 7) is 1.12. The average Bonchev–Trinajstić information content (AvgIpc) is 2.75. The molecule has 1 heterocycles. The predicted molar refractivity (Wildman–Crippen MR) is 92.6 cm³/mol. The van der Waals surface area contributed by atoms with E-state index in [9.17, 15) is 4.79 Å². The maximum atomic E-state index is 12.4. The zero-order valence-electron chi connectivity index (χ0n) is 12.4. The van der Waals surface area contributed by atoms with Crippen molar-refractivity contribution in [3.05, 3.63) is 33.9 Å². The first kappa shape index (κ1) is 16.9. The van der Waals surface area contributed by atoms with E-state index in [1.54, 1.807) is 25.2 Å². The molecule has 1 aromatic rings. The fourth-order valence-corrected chi connectivity index (χ4v) is 2.78. The second-order valence-electron chi connectivity index (χ2n) is 4.68. The van der Waals surface area contributed by atoms with E-state index < -0.39 is 0 Å². The van der Waals surface area contributed by atoms with Crippen LogP contribution in [0.3, 0.4) is 0 Å². The number of hydrogen-bond donors (Lipinski definition) is 1. The molecule has 1 aromatic carbocycles. The molecule has 0 spiro atoms. The highest BCUT2D eigenvalue weighted by molar-refractivity contribution is 9.10. The van der Waals surface area contributed by atoms with Crippen molar-refractivity contribution in [2.75, 3.05) is 27.4 Å². The van der Waals surface area contributed by atoms with Crippen molar-refractivity contribution in [3.8, 4) is 5.75 Å². The highest BCUT2D eigenvalue weighted by Gasteiger charge is 2.30. The van der Waals surface area contributed by atoms with Crippen molar-refractivity contribution < 1.29 is 14.3 Å². The first-order chi connectivity index (χ1) is 10.6. The Bertz CT molecular complexity index is 619. The number of carbonyl (C=O) groups excluding carboxylic acids is 1. The van der Waals surface area contributed by atoms with E-state index in [2.05, 4.69) is 21.2 Å². The van der Waals surface area contributed by atoms with Gasteiger partial charge in [-0.1, -0.05) is 15.9 Å². The van der Waals surface area contributed by atoms with Gasteiger partial charge in [0.2, 0.25) is 0 Å². The van der Waals surface area contributed by atoms with E-state index in [0.29, 0.717) is 29.7 Å². The lowest BCUT2D eigenvalue weighted by molar-refractivity contribution is -0.122. The number of thiocarbonyl (C=S) groups is 1. The van der Waals surface area contributed by atoms with Crippen molar-refractivity contribution in [3.63, 3.8) is 0 Å². The quantitative estimate of drug-likeness (QED) is 0.464. The number of nitrogens with zero attached hydrogens (tertiary/aromatic N) is 1. The summed E-state index contributed by atoms with van der Waals surface area (Å²) in [6, 6.07) is 5.61. The molecule has 1 aliphatic heterocycles. The van der Waals surface area contributed by atoms with Gasteiger partial charge < -0.3 is 14.8 Å². The van der Waals surface area contributed by atoms with E-state index in [-0.39, 0.29) is 5.91 Å². The smallest absolute Gasteiger partial charge is 0.276 e. The van der Waals surface area contributed by atoms with Crippen LogP contribution in [-0.4, -0.2) is 43.3 Å². The van der Waals surface area contributed by atoms with Gasteiger partial charge >= 0.3 is 0 Å². The number of amides is 1. The van der Waals surface area contributed by atoms with E-state index in [1.165, 1.54) is 0 Å². The van der Waals surface area contributed by atoms with Crippen molar-refractivity contribution in [1.82, 2.24) is 10.2 Å². The Balaban J connectivity index is 2.21. The highest BCUT2D eigenvalue weighted by atomic mass is 79.9.